The van der Waals surface area contributed by atoms with Gasteiger partial charge in [-0.2, -0.15) is 0 Å². The first-order valence-electron chi connectivity index (χ1n) is 9.81. The molecule has 2 aromatic rings. The molecule has 0 atom stereocenters. The highest BCUT2D eigenvalue weighted by Gasteiger charge is 2.38. The van der Waals surface area contributed by atoms with Crippen molar-refractivity contribution in [3.8, 4) is 0 Å². The highest BCUT2D eigenvalue weighted by Crippen LogP contribution is 2.46. The van der Waals surface area contributed by atoms with Crippen molar-refractivity contribution in [2.75, 3.05) is 0 Å². The van der Waals surface area contributed by atoms with Gasteiger partial charge in [-0.05, 0) is 60.3 Å². The Balaban J connectivity index is 1.97. The number of aromatic carboxylic acids is 1. The zero-order chi connectivity index (χ0) is 20.1. The van der Waals surface area contributed by atoms with E-state index in [-0.39, 0.29) is 11.0 Å². The summed E-state index contributed by atoms with van der Waals surface area (Å²) >= 11 is 0. The van der Waals surface area contributed by atoms with Gasteiger partial charge in [0.05, 0.1) is 16.8 Å². The van der Waals surface area contributed by atoms with Crippen molar-refractivity contribution in [3.63, 3.8) is 0 Å². The Morgan fingerprint density at radius 1 is 1.07 bits per heavy atom. The summed E-state index contributed by atoms with van der Waals surface area (Å²) in [5, 5.41) is 19.5. The first-order chi connectivity index (χ1) is 13.3. The van der Waals surface area contributed by atoms with E-state index >= 15 is 0 Å². The third-order valence-corrected chi connectivity index (χ3v) is 6.13. The number of hydrogen-bond donors (Lipinski definition) is 2. The lowest BCUT2D eigenvalue weighted by Gasteiger charge is -2.31. The minimum atomic E-state index is -0.958. The summed E-state index contributed by atoms with van der Waals surface area (Å²) in [4.78, 5) is 23.7. The van der Waals surface area contributed by atoms with Crippen LogP contribution in [-0.2, 0) is 29.6 Å². The van der Waals surface area contributed by atoms with Crippen molar-refractivity contribution < 1.29 is 19.8 Å². The highest BCUT2D eigenvalue weighted by molar-refractivity contribution is 6.16. The molecular formula is C23H25NO4. The number of rotatable bonds is 4. The summed E-state index contributed by atoms with van der Waals surface area (Å²) in [6.07, 6.45) is 6.57. The van der Waals surface area contributed by atoms with E-state index in [1.807, 2.05) is 18.2 Å². The number of aliphatic carboxylic acids is 1. The Kier molecular flexibility index (Phi) is 4.41. The molecule has 0 spiro atoms. The molecule has 0 unspecified atom stereocenters. The first kappa shape index (κ1) is 18.5. The molecule has 2 aliphatic carbocycles. The molecule has 0 saturated heterocycles. The lowest BCUT2D eigenvalue weighted by atomic mass is 9.73. The average Bonchev–Trinajstić information content (AvgIpc) is 2.97. The molecule has 0 amide bonds. The van der Waals surface area contributed by atoms with Gasteiger partial charge in [-0.15, -0.1) is 0 Å². The molecule has 2 N–H and O–H groups in total. The topological polar surface area (TPSA) is 79.5 Å². The van der Waals surface area contributed by atoms with Gasteiger partial charge in [0, 0.05) is 12.2 Å². The Bertz CT molecular complexity index is 1010. The second kappa shape index (κ2) is 6.66. The Labute approximate surface area is 164 Å². The number of carboxylic acids is 2. The van der Waals surface area contributed by atoms with E-state index in [4.69, 9.17) is 0 Å². The summed E-state index contributed by atoms with van der Waals surface area (Å²) < 4.78 is 2.09. The SMILES string of the molecule is CC1(C)CC=C(C(=O)O)c2c1c1c(n2Cc2ccccc2C(=O)O)CCCC1. The lowest BCUT2D eigenvalue weighted by molar-refractivity contribution is -0.130. The molecule has 2 aliphatic rings. The number of allylic oxidation sites excluding steroid dienone is 1. The summed E-state index contributed by atoms with van der Waals surface area (Å²) in [5.41, 5.74) is 5.57. The zero-order valence-electron chi connectivity index (χ0n) is 16.3. The Morgan fingerprint density at radius 2 is 1.79 bits per heavy atom. The van der Waals surface area contributed by atoms with Crippen LogP contribution in [0.4, 0.5) is 0 Å². The number of benzene rings is 1. The third kappa shape index (κ3) is 2.86. The van der Waals surface area contributed by atoms with Gasteiger partial charge in [-0.25, -0.2) is 9.59 Å². The number of hydrogen-bond acceptors (Lipinski definition) is 2. The number of aromatic nitrogens is 1. The van der Waals surface area contributed by atoms with Crippen LogP contribution in [0.15, 0.2) is 30.3 Å². The average molecular weight is 379 g/mol. The predicted molar refractivity (Wildman–Crippen MR) is 107 cm³/mol. The molecule has 1 aromatic heterocycles. The molecule has 0 aliphatic heterocycles. The molecule has 0 saturated carbocycles. The molecule has 146 valence electrons. The summed E-state index contributed by atoms with van der Waals surface area (Å²) in [7, 11) is 0. The van der Waals surface area contributed by atoms with Gasteiger partial charge in [-0.1, -0.05) is 38.1 Å². The van der Waals surface area contributed by atoms with E-state index in [9.17, 15) is 19.8 Å². The van der Waals surface area contributed by atoms with Crippen LogP contribution in [0.3, 0.4) is 0 Å². The van der Waals surface area contributed by atoms with Crippen molar-refractivity contribution in [1.82, 2.24) is 4.57 Å². The first-order valence-corrected chi connectivity index (χ1v) is 9.81. The summed E-state index contributed by atoms with van der Waals surface area (Å²) in [6.45, 7) is 4.72. The van der Waals surface area contributed by atoms with E-state index in [1.54, 1.807) is 12.1 Å². The minimum Gasteiger partial charge on any atom is -0.478 e. The summed E-state index contributed by atoms with van der Waals surface area (Å²) in [5.74, 6) is -1.88. The fourth-order valence-electron chi connectivity index (χ4n) is 4.83. The van der Waals surface area contributed by atoms with Gasteiger partial charge in [0.1, 0.15) is 0 Å². The summed E-state index contributed by atoms with van der Waals surface area (Å²) in [6, 6.07) is 6.99. The molecule has 0 bridgehead atoms. The maximum Gasteiger partial charge on any atom is 0.337 e. The zero-order valence-corrected chi connectivity index (χ0v) is 16.3. The number of carboxylic acid groups (broad SMARTS) is 2. The van der Waals surface area contributed by atoms with Gasteiger partial charge in [0.25, 0.3) is 0 Å². The van der Waals surface area contributed by atoms with Gasteiger partial charge in [-0.3, -0.25) is 0 Å². The van der Waals surface area contributed by atoms with E-state index in [0.29, 0.717) is 24.1 Å². The van der Waals surface area contributed by atoms with Gasteiger partial charge >= 0.3 is 11.9 Å². The van der Waals surface area contributed by atoms with E-state index in [2.05, 4.69) is 18.4 Å². The molecule has 5 heteroatoms. The predicted octanol–water partition coefficient (Wildman–Crippen LogP) is 4.26. The maximum absolute atomic E-state index is 12.0. The quantitative estimate of drug-likeness (QED) is 0.832. The van der Waals surface area contributed by atoms with Gasteiger partial charge in [0.15, 0.2) is 0 Å². The second-order valence-electron chi connectivity index (χ2n) is 8.42. The van der Waals surface area contributed by atoms with Crippen LogP contribution in [0.1, 0.15) is 71.5 Å². The largest absolute Gasteiger partial charge is 0.478 e. The van der Waals surface area contributed by atoms with Crippen LogP contribution in [-0.4, -0.2) is 26.7 Å². The Hall–Kier alpha value is -2.82. The molecule has 0 radical (unpaired) electrons. The molecule has 4 rings (SSSR count). The van der Waals surface area contributed by atoms with Gasteiger partial charge < -0.3 is 14.8 Å². The molecule has 1 aromatic carbocycles. The smallest absolute Gasteiger partial charge is 0.337 e. The molecule has 1 heterocycles. The fourth-order valence-corrected chi connectivity index (χ4v) is 4.83. The van der Waals surface area contributed by atoms with Crippen LogP contribution in [0.5, 0.6) is 0 Å². The van der Waals surface area contributed by atoms with Crippen LogP contribution in [0.2, 0.25) is 0 Å². The lowest BCUT2D eigenvalue weighted by Crippen LogP contribution is -2.25. The number of fused-ring (bicyclic) bond motifs is 3. The number of carbonyl (C=O) groups is 2. The normalized spacial score (nSPS) is 17.4. The van der Waals surface area contributed by atoms with Crippen LogP contribution in [0, 0.1) is 0 Å². The van der Waals surface area contributed by atoms with Crippen molar-refractivity contribution in [2.24, 2.45) is 0 Å². The second-order valence-corrected chi connectivity index (χ2v) is 8.42. The van der Waals surface area contributed by atoms with E-state index in [1.165, 1.54) is 11.3 Å². The van der Waals surface area contributed by atoms with Crippen molar-refractivity contribution in [1.29, 1.82) is 0 Å². The van der Waals surface area contributed by atoms with Crippen molar-refractivity contribution >= 4 is 17.5 Å². The van der Waals surface area contributed by atoms with Crippen LogP contribution < -0.4 is 0 Å². The standard InChI is InChI=1S/C23H25NO4/c1-23(2)12-11-17(22(27)28)20-19(23)16-9-5-6-10-18(16)24(20)13-14-7-3-4-8-15(14)21(25)26/h3-4,7-8,11H,5-6,9-10,12-13H2,1-2H3,(H,25,26)(H,27,28). The molecule has 0 fully saturated rings. The van der Waals surface area contributed by atoms with Crippen LogP contribution >= 0.6 is 0 Å². The monoisotopic (exact) mass is 379 g/mol. The van der Waals surface area contributed by atoms with Crippen molar-refractivity contribution in [2.45, 2.75) is 57.9 Å². The van der Waals surface area contributed by atoms with Crippen LogP contribution in [0.25, 0.3) is 5.57 Å². The molecule has 28 heavy (non-hydrogen) atoms. The maximum atomic E-state index is 12.0. The fraction of sp³-hybridized carbons (Fsp3) is 0.391. The van der Waals surface area contributed by atoms with Crippen molar-refractivity contribution in [3.05, 3.63) is 64.0 Å². The van der Waals surface area contributed by atoms with E-state index < -0.39 is 11.9 Å². The Morgan fingerprint density at radius 3 is 2.50 bits per heavy atom. The van der Waals surface area contributed by atoms with Gasteiger partial charge in [0.2, 0.25) is 0 Å². The van der Waals surface area contributed by atoms with E-state index in [0.717, 1.165) is 36.9 Å². The highest BCUT2D eigenvalue weighted by atomic mass is 16.4. The molecule has 5 nitrogen and oxygen atoms in total. The molecular weight excluding hydrogens is 354 g/mol. The number of nitrogens with zero attached hydrogens (tertiary/aromatic N) is 1. The minimum absolute atomic E-state index is 0.132. The third-order valence-electron chi connectivity index (χ3n) is 6.13.